The van der Waals surface area contributed by atoms with Gasteiger partial charge in [0, 0.05) is 19.3 Å². The number of carbonyl (C=O) groups is 3. The number of unbranched alkanes of at least 4 members (excludes halogenated alkanes) is 22. The second-order valence-electron chi connectivity index (χ2n) is 16.9. The lowest BCUT2D eigenvalue weighted by atomic mass is 10.1. The molecule has 0 aliphatic rings. The van der Waals surface area contributed by atoms with E-state index in [-0.39, 0.29) is 31.1 Å². The lowest BCUT2D eigenvalue weighted by Gasteiger charge is -2.18. The van der Waals surface area contributed by atoms with Gasteiger partial charge in [-0.05, 0) is 83.5 Å². The molecule has 6 nitrogen and oxygen atoms in total. The summed E-state index contributed by atoms with van der Waals surface area (Å²) in [6.45, 7) is 6.42. The molecule has 0 aliphatic carbocycles. The van der Waals surface area contributed by atoms with Crippen LogP contribution in [0.4, 0.5) is 0 Å². The summed E-state index contributed by atoms with van der Waals surface area (Å²) in [4.78, 5) is 37.9. The van der Waals surface area contributed by atoms with Gasteiger partial charge in [-0.25, -0.2) is 0 Å². The zero-order valence-electron chi connectivity index (χ0n) is 41.3. The highest BCUT2D eigenvalue weighted by molar-refractivity contribution is 5.71. The molecular formula is C58H94O6. The number of hydrogen-bond acceptors (Lipinski definition) is 6. The number of rotatable bonds is 45. The van der Waals surface area contributed by atoms with Crippen molar-refractivity contribution < 1.29 is 28.6 Å². The Morgan fingerprint density at radius 2 is 0.625 bits per heavy atom. The Morgan fingerprint density at radius 3 is 1.03 bits per heavy atom. The first-order chi connectivity index (χ1) is 31.5. The predicted molar refractivity (Wildman–Crippen MR) is 274 cm³/mol. The van der Waals surface area contributed by atoms with Crippen molar-refractivity contribution in [1.82, 2.24) is 0 Å². The first-order valence-corrected chi connectivity index (χ1v) is 26.0. The summed E-state index contributed by atoms with van der Waals surface area (Å²) in [7, 11) is 0. The number of hydrogen-bond donors (Lipinski definition) is 0. The summed E-state index contributed by atoms with van der Waals surface area (Å²) >= 11 is 0. The molecule has 0 aliphatic heterocycles. The van der Waals surface area contributed by atoms with Crippen LogP contribution in [0.3, 0.4) is 0 Å². The molecular weight excluding hydrogens is 793 g/mol. The Bertz CT molecular complexity index is 1340. The molecule has 0 spiro atoms. The molecule has 0 saturated heterocycles. The molecule has 64 heavy (non-hydrogen) atoms. The quantitative estimate of drug-likeness (QED) is 0.0199. The third kappa shape index (κ3) is 49.1. The molecule has 0 radical (unpaired) electrons. The van der Waals surface area contributed by atoms with Gasteiger partial charge in [-0.2, -0.15) is 0 Å². The van der Waals surface area contributed by atoms with Gasteiger partial charge in [0.1, 0.15) is 13.2 Å². The van der Waals surface area contributed by atoms with Crippen molar-refractivity contribution in [3.63, 3.8) is 0 Å². The number of esters is 3. The third-order valence-electron chi connectivity index (χ3n) is 10.6. The highest BCUT2D eigenvalue weighted by Gasteiger charge is 2.19. The largest absolute Gasteiger partial charge is 0.462 e. The minimum Gasteiger partial charge on any atom is -0.462 e. The fraction of sp³-hybridized carbons (Fsp3) is 0.638. The molecule has 6 heteroatoms. The maximum atomic E-state index is 12.8. The molecule has 0 bridgehead atoms. The zero-order valence-corrected chi connectivity index (χ0v) is 41.3. The highest BCUT2D eigenvalue weighted by Crippen LogP contribution is 2.13. The van der Waals surface area contributed by atoms with Crippen molar-refractivity contribution in [3.8, 4) is 0 Å². The van der Waals surface area contributed by atoms with E-state index in [4.69, 9.17) is 14.2 Å². The van der Waals surface area contributed by atoms with E-state index in [1.54, 1.807) is 0 Å². The monoisotopic (exact) mass is 887 g/mol. The lowest BCUT2D eigenvalue weighted by Crippen LogP contribution is -2.30. The van der Waals surface area contributed by atoms with Gasteiger partial charge >= 0.3 is 17.9 Å². The molecule has 0 rings (SSSR count). The third-order valence-corrected chi connectivity index (χ3v) is 10.6. The molecule has 0 aromatic carbocycles. The minimum atomic E-state index is -0.805. The van der Waals surface area contributed by atoms with Gasteiger partial charge in [0.2, 0.25) is 0 Å². The van der Waals surface area contributed by atoms with Crippen molar-refractivity contribution in [1.29, 1.82) is 0 Å². The summed E-state index contributed by atoms with van der Waals surface area (Å²) in [5.41, 5.74) is 0. The molecule has 1 atom stereocenters. The molecule has 362 valence electrons. The predicted octanol–water partition coefficient (Wildman–Crippen LogP) is 17.1. The molecule has 0 heterocycles. The van der Waals surface area contributed by atoms with Crippen molar-refractivity contribution in [3.05, 3.63) is 109 Å². The van der Waals surface area contributed by atoms with Crippen LogP contribution >= 0.6 is 0 Å². The zero-order chi connectivity index (χ0) is 46.5. The van der Waals surface area contributed by atoms with Crippen LogP contribution in [0.2, 0.25) is 0 Å². The Labute approximate surface area is 393 Å². The first kappa shape index (κ1) is 60.1. The van der Waals surface area contributed by atoms with Gasteiger partial charge < -0.3 is 14.2 Å². The van der Waals surface area contributed by atoms with E-state index >= 15 is 0 Å². The fourth-order valence-electron chi connectivity index (χ4n) is 6.69. The average molecular weight is 887 g/mol. The van der Waals surface area contributed by atoms with Crippen LogP contribution in [0, 0.1) is 0 Å². The van der Waals surface area contributed by atoms with Crippen LogP contribution in [-0.2, 0) is 28.6 Å². The topological polar surface area (TPSA) is 78.9 Å². The smallest absolute Gasteiger partial charge is 0.306 e. The number of allylic oxidation sites excluding steroid dienone is 18. The van der Waals surface area contributed by atoms with E-state index in [0.717, 1.165) is 128 Å². The van der Waals surface area contributed by atoms with Crippen LogP contribution in [0.5, 0.6) is 0 Å². The van der Waals surface area contributed by atoms with Crippen LogP contribution < -0.4 is 0 Å². The van der Waals surface area contributed by atoms with Crippen molar-refractivity contribution in [2.45, 2.75) is 226 Å². The van der Waals surface area contributed by atoms with E-state index in [0.29, 0.717) is 19.3 Å². The highest BCUT2D eigenvalue weighted by atomic mass is 16.6. The summed E-state index contributed by atoms with van der Waals surface area (Å²) in [6.07, 6.45) is 69.2. The SMILES string of the molecule is CCC\C=C/C=C\C=C/C=C\C=C/CCCCCCCC(=O)OCC(COC(=O)CCCCCC/C=C\CCCC)OC(=O)CCCCCCC\C=C/C=C\C=C/CCCCCCC. The van der Waals surface area contributed by atoms with Gasteiger partial charge in [-0.1, -0.05) is 226 Å². The van der Waals surface area contributed by atoms with Gasteiger partial charge in [0.15, 0.2) is 6.10 Å². The van der Waals surface area contributed by atoms with Crippen LogP contribution in [-0.4, -0.2) is 37.2 Å². The summed E-state index contributed by atoms with van der Waals surface area (Å²) < 4.78 is 16.7. The Balaban J connectivity index is 4.48. The van der Waals surface area contributed by atoms with E-state index in [9.17, 15) is 14.4 Å². The van der Waals surface area contributed by atoms with Crippen molar-refractivity contribution >= 4 is 17.9 Å². The second-order valence-corrected chi connectivity index (χ2v) is 16.9. The molecule has 0 aromatic rings. The average Bonchev–Trinajstić information content (AvgIpc) is 3.29. The van der Waals surface area contributed by atoms with Crippen molar-refractivity contribution in [2.75, 3.05) is 13.2 Å². The lowest BCUT2D eigenvalue weighted by molar-refractivity contribution is -0.167. The maximum absolute atomic E-state index is 12.8. The standard InChI is InChI=1S/C58H94O6/c1-4-7-10-13-16-19-22-24-26-28-30-32-34-36-39-42-45-48-51-57(60)63-54-55(53-62-56(59)50-47-44-41-38-21-18-15-12-9-6-3)64-58(61)52-49-46-43-40-37-35-33-31-29-27-25-23-20-17-14-11-8-5-2/h10,13,15-16,18-19,22-33,55H,4-9,11-12,14,17,20-21,34-54H2,1-3H3/b13-10-,18-15-,19-16-,24-22-,25-23-,28-26-,29-27-,32-30-,33-31-. The molecule has 0 saturated carbocycles. The normalized spacial score (nSPS) is 13.0. The maximum Gasteiger partial charge on any atom is 0.306 e. The van der Waals surface area contributed by atoms with E-state index in [2.05, 4.69) is 99.8 Å². The Kier molecular flexibility index (Phi) is 48.5. The minimum absolute atomic E-state index is 0.103. The summed E-state index contributed by atoms with van der Waals surface area (Å²) in [5.74, 6) is -0.967. The molecule has 0 aromatic heterocycles. The second kappa shape index (κ2) is 51.7. The van der Waals surface area contributed by atoms with Crippen LogP contribution in [0.15, 0.2) is 109 Å². The number of carbonyl (C=O) groups excluding carboxylic acids is 3. The summed E-state index contributed by atoms with van der Waals surface area (Å²) in [5, 5.41) is 0. The molecule has 0 amide bonds. The van der Waals surface area contributed by atoms with E-state index in [1.807, 2.05) is 30.4 Å². The van der Waals surface area contributed by atoms with Gasteiger partial charge in [-0.15, -0.1) is 0 Å². The number of ether oxygens (including phenoxy) is 3. The van der Waals surface area contributed by atoms with E-state index in [1.165, 1.54) is 51.4 Å². The van der Waals surface area contributed by atoms with Gasteiger partial charge in [-0.3, -0.25) is 14.4 Å². The molecule has 0 fully saturated rings. The van der Waals surface area contributed by atoms with Gasteiger partial charge in [0.05, 0.1) is 0 Å². The van der Waals surface area contributed by atoms with E-state index < -0.39 is 6.10 Å². The first-order valence-electron chi connectivity index (χ1n) is 26.0. The van der Waals surface area contributed by atoms with Crippen molar-refractivity contribution in [2.24, 2.45) is 0 Å². The van der Waals surface area contributed by atoms with Gasteiger partial charge in [0.25, 0.3) is 0 Å². The molecule has 1 unspecified atom stereocenters. The van der Waals surface area contributed by atoms with Crippen LogP contribution in [0.1, 0.15) is 220 Å². The Morgan fingerprint density at radius 1 is 0.312 bits per heavy atom. The Hall–Kier alpha value is -3.93. The summed E-state index contributed by atoms with van der Waals surface area (Å²) in [6, 6.07) is 0. The van der Waals surface area contributed by atoms with Crippen LogP contribution in [0.25, 0.3) is 0 Å². The molecule has 0 N–H and O–H groups in total. The fourth-order valence-corrected chi connectivity index (χ4v) is 6.69.